The molecule has 4 heteroatoms. The van der Waals surface area contributed by atoms with E-state index in [0.29, 0.717) is 6.04 Å². The molecule has 14 heavy (non-hydrogen) atoms. The van der Waals surface area contributed by atoms with Crippen LogP contribution in [0.3, 0.4) is 0 Å². The lowest BCUT2D eigenvalue weighted by atomic mass is 10.2. The van der Waals surface area contributed by atoms with Crippen molar-refractivity contribution in [1.82, 2.24) is 15.5 Å². The smallest absolute Gasteiger partial charge is 0.151 e. The van der Waals surface area contributed by atoms with Gasteiger partial charge in [-0.25, -0.2) is 0 Å². The van der Waals surface area contributed by atoms with Crippen LogP contribution < -0.4 is 10.2 Å². The standard InChI is InChI=1S/C10H16N4/c1-8-5-10(13-12-6-8)14-4-3-11-9(2)7-14/h5-6,9,11H,3-4,7H2,1-2H3. The molecule has 1 aliphatic heterocycles. The molecule has 1 aliphatic rings. The second kappa shape index (κ2) is 3.92. The zero-order valence-corrected chi connectivity index (χ0v) is 8.70. The highest BCUT2D eigenvalue weighted by molar-refractivity contribution is 5.39. The molecule has 0 saturated carbocycles. The van der Waals surface area contributed by atoms with Crippen LogP contribution in [0.15, 0.2) is 12.3 Å². The second-order valence-corrected chi connectivity index (χ2v) is 3.89. The van der Waals surface area contributed by atoms with Gasteiger partial charge in [-0.3, -0.25) is 0 Å². The van der Waals surface area contributed by atoms with Gasteiger partial charge in [-0.15, -0.1) is 5.10 Å². The summed E-state index contributed by atoms with van der Waals surface area (Å²) in [4.78, 5) is 2.28. The van der Waals surface area contributed by atoms with Crippen LogP contribution in [-0.2, 0) is 0 Å². The van der Waals surface area contributed by atoms with Crippen molar-refractivity contribution in [2.75, 3.05) is 24.5 Å². The van der Waals surface area contributed by atoms with Crippen LogP contribution in [0.2, 0.25) is 0 Å². The van der Waals surface area contributed by atoms with Gasteiger partial charge in [0.25, 0.3) is 0 Å². The summed E-state index contributed by atoms with van der Waals surface area (Å²) < 4.78 is 0. The fourth-order valence-corrected chi connectivity index (χ4v) is 1.74. The van der Waals surface area contributed by atoms with Crippen molar-refractivity contribution in [3.8, 4) is 0 Å². The third-order valence-corrected chi connectivity index (χ3v) is 2.47. The molecule has 0 radical (unpaired) electrons. The zero-order chi connectivity index (χ0) is 9.97. The predicted molar refractivity (Wildman–Crippen MR) is 56.4 cm³/mol. The Hall–Kier alpha value is -1.16. The van der Waals surface area contributed by atoms with E-state index >= 15 is 0 Å². The molecule has 4 nitrogen and oxygen atoms in total. The minimum absolute atomic E-state index is 0.533. The largest absolute Gasteiger partial charge is 0.352 e. The third-order valence-electron chi connectivity index (χ3n) is 2.47. The SMILES string of the molecule is Cc1cnnc(N2CCNC(C)C2)c1. The lowest BCUT2D eigenvalue weighted by Gasteiger charge is -2.32. The van der Waals surface area contributed by atoms with Crippen LogP contribution in [-0.4, -0.2) is 35.9 Å². The van der Waals surface area contributed by atoms with Gasteiger partial charge in [0.15, 0.2) is 5.82 Å². The topological polar surface area (TPSA) is 41.1 Å². The van der Waals surface area contributed by atoms with Crippen molar-refractivity contribution in [3.63, 3.8) is 0 Å². The zero-order valence-electron chi connectivity index (χ0n) is 8.70. The summed E-state index contributed by atoms with van der Waals surface area (Å²) in [5.41, 5.74) is 1.17. The van der Waals surface area contributed by atoms with Crippen LogP contribution in [0.5, 0.6) is 0 Å². The molecule has 1 saturated heterocycles. The molecule has 2 rings (SSSR count). The van der Waals surface area contributed by atoms with Crippen molar-refractivity contribution in [1.29, 1.82) is 0 Å². The van der Waals surface area contributed by atoms with Gasteiger partial charge in [0, 0.05) is 25.7 Å². The van der Waals surface area contributed by atoms with Gasteiger partial charge < -0.3 is 10.2 Å². The Morgan fingerprint density at radius 3 is 3.14 bits per heavy atom. The van der Waals surface area contributed by atoms with Crippen molar-refractivity contribution in [2.45, 2.75) is 19.9 Å². The molecule has 0 bridgehead atoms. The number of anilines is 1. The Morgan fingerprint density at radius 2 is 2.43 bits per heavy atom. The molecule has 0 aromatic carbocycles. The lowest BCUT2D eigenvalue weighted by Crippen LogP contribution is -2.49. The Morgan fingerprint density at radius 1 is 1.57 bits per heavy atom. The molecule has 1 fully saturated rings. The number of hydrogen-bond acceptors (Lipinski definition) is 4. The van der Waals surface area contributed by atoms with Crippen LogP contribution in [0.1, 0.15) is 12.5 Å². The molecule has 1 unspecified atom stereocenters. The average Bonchev–Trinajstić information content (AvgIpc) is 2.18. The van der Waals surface area contributed by atoms with Gasteiger partial charge in [0.05, 0.1) is 6.20 Å². The van der Waals surface area contributed by atoms with E-state index in [1.807, 2.05) is 6.92 Å². The summed E-state index contributed by atoms with van der Waals surface area (Å²) in [5.74, 6) is 0.998. The Labute approximate surface area is 84.3 Å². The maximum atomic E-state index is 4.15. The fraction of sp³-hybridized carbons (Fsp3) is 0.600. The molecule has 1 N–H and O–H groups in total. The third kappa shape index (κ3) is 2.01. The summed E-state index contributed by atoms with van der Waals surface area (Å²) in [6, 6.07) is 2.62. The summed E-state index contributed by atoms with van der Waals surface area (Å²) in [6.07, 6.45) is 1.79. The Bertz CT molecular complexity index is 313. The highest BCUT2D eigenvalue weighted by atomic mass is 15.3. The van der Waals surface area contributed by atoms with E-state index in [-0.39, 0.29) is 0 Å². The van der Waals surface area contributed by atoms with Crippen molar-refractivity contribution in [3.05, 3.63) is 17.8 Å². The molecular weight excluding hydrogens is 176 g/mol. The first-order valence-electron chi connectivity index (χ1n) is 5.03. The molecule has 1 aromatic rings. The first kappa shape index (κ1) is 9.40. The number of rotatable bonds is 1. The monoisotopic (exact) mass is 192 g/mol. The highest BCUT2D eigenvalue weighted by Gasteiger charge is 2.16. The van der Waals surface area contributed by atoms with E-state index in [1.165, 1.54) is 5.56 Å². The van der Waals surface area contributed by atoms with Gasteiger partial charge in [0.2, 0.25) is 0 Å². The van der Waals surface area contributed by atoms with Gasteiger partial charge in [-0.05, 0) is 25.5 Å². The normalized spacial score (nSPS) is 22.4. The van der Waals surface area contributed by atoms with Crippen LogP contribution in [0.4, 0.5) is 5.82 Å². The summed E-state index contributed by atoms with van der Waals surface area (Å²) >= 11 is 0. The second-order valence-electron chi connectivity index (χ2n) is 3.89. The van der Waals surface area contributed by atoms with E-state index in [1.54, 1.807) is 6.20 Å². The Balaban J connectivity index is 2.14. The molecule has 76 valence electrons. The number of aryl methyl sites for hydroxylation is 1. The number of piperazine rings is 1. The van der Waals surface area contributed by atoms with Gasteiger partial charge in [-0.1, -0.05) is 0 Å². The van der Waals surface area contributed by atoms with E-state index in [0.717, 1.165) is 25.5 Å². The first-order valence-corrected chi connectivity index (χ1v) is 5.03. The average molecular weight is 192 g/mol. The summed E-state index contributed by atoms with van der Waals surface area (Å²) in [6.45, 7) is 7.29. The summed E-state index contributed by atoms with van der Waals surface area (Å²) in [7, 11) is 0. The van der Waals surface area contributed by atoms with E-state index in [4.69, 9.17) is 0 Å². The van der Waals surface area contributed by atoms with Crippen LogP contribution in [0, 0.1) is 6.92 Å². The first-order chi connectivity index (χ1) is 6.75. The molecule has 2 heterocycles. The molecule has 0 aliphatic carbocycles. The van der Waals surface area contributed by atoms with E-state index in [2.05, 4.69) is 33.4 Å². The van der Waals surface area contributed by atoms with E-state index < -0.39 is 0 Å². The fourth-order valence-electron chi connectivity index (χ4n) is 1.74. The van der Waals surface area contributed by atoms with Crippen LogP contribution >= 0.6 is 0 Å². The van der Waals surface area contributed by atoms with Gasteiger partial charge >= 0.3 is 0 Å². The highest BCUT2D eigenvalue weighted by Crippen LogP contribution is 2.12. The maximum absolute atomic E-state index is 4.15. The number of hydrogen-bond donors (Lipinski definition) is 1. The minimum Gasteiger partial charge on any atom is -0.352 e. The minimum atomic E-state index is 0.533. The van der Waals surface area contributed by atoms with Gasteiger partial charge in [0.1, 0.15) is 0 Å². The molecule has 1 aromatic heterocycles. The van der Waals surface area contributed by atoms with Gasteiger partial charge in [-0.2, -0.15) is 5.10 Å². The predicted octanol–water partition coefficient (Wildman–Crippen LogP) is 0.583. The Kier molecular flexibility index (Phi) is 2.63. The number of aromatic nitrogens is 2. The number of nitrogens with one attached hydrogen (secondary N) is 1. The molecule has 0 spiro atoms. The van der Waals surface area contributed by atoms with E-state index in [9.17, 15) is 0 Å². The lowest BCUT2D eigenvalue weighted by molar-refractivity contribution is 0.481. The quantitative estimate of drug-likeness (QED) is 0.707. The van der Waals surface area contributed by atoms with Crippen molar-refractivity contribution >= 4 is 5.82 Å². The van der Waals surface area contributed by atoms with Crippen LogP contribution in [0.25, 0.3) is 0 Å². The molecule has 1 atom stereocenters. The van der Waals surface area contributed by atoms with Crippen molar-refractivity contribution < 1.29 is 0 Å². The molecular formula is C10H16N4. The molecule has 0 amide bonds. The maximum Gasteiger partial charge on any atom is 0.151 e. The van der Waals surface area contributed by atoms with Crippen molar-refractivity contribution in [2.24, 2.45) is 0 Å². The number of nitrogens with zero attached hydrogens (tertiary/aromatic N) is 3. The summed E-state index contributed by atoms with van der Waals surface area (Å²) in [5, 5.41) is 11.5.